The molecule has 2 heteroatoms. The molecule has 0 aromatic heterocycles. The second-order valence-electron chi connectivity index (χ2n) is 8.17. The molecule has 0 saturated carbocycles. The fourth-order valence-corrected chi connectivity index (χ4v) is 2.77. The van der Waals surface area contributed by atoms with Crippen LogP contribution in [0.15, 0.2) is 0 Å². The lowest BCUT2D eigenvalue weighted by Crippen LogP contribution is -2.05. The van der Waals surface area contributed by atoms with Gasteiger partial charge in [0.25, 0.3) is 0 Å². The minimum Gasteiger partial charge on any atom is -0.466 e. The molecule has 0 bridgehead atoms. The Kier molecular flexibility index (Phi) is 18.5. The minimum atomic E-state index is 0. The van der Waals surface area contributed by atoms with Crippen molar-refractivity contribution in [3.63, 3.8) is 0 Å². The summed E-state index contributed by atoms with van der Waals surface area (Å²) in [7, 11) is 0. The molecule has 146 valence electrons. The third-order valence-corrected chi connectivity index (χ3v) is 4.32. The molecule has 0 rings (SSSR count). The summed E-state index contributed by atoms with van der Waals surface area (Å²) < 4.78 is 5.29. The van der Waals surface area contributed by atoms with E-state index in [0.717, 1.165) is 19.3 Å². The largest absolute Gasteiger partial charge is 0.466 e. The Bertz CT molecular complexity index is 266. The van der Waals surface area contributed by atoms with Gasteiger partial charge in [-0.05, 0) is 24.7 Å². The average molecular weight is 343 g/mol. The molecule has 0 atom stereocenters. The van der Waals surface area contributed by atoms with Crippen molar-refractivity contribution in [3.05, 3.63) is 0 Å². The topological polar surface area (TPSA) is 26.3 Å². The number of carbonyl (C=O) groups is 1. The lowest BCUT2D eigenvalue weighted by atomic mass is 9.89. The van der Waals surface area contributed by atoms with Crippen LogP contribution < -0.4 is 0 Å². The predicted molar refractivity (Wildman–Crippen MR) is 107 cm³/mol. The molecule has 0 unspecified atom stereocenters. The molecule has 0 spiro atoms. The van der Waals surface area contributed by atoms with Crippen molar-refractivity contribution in [1.29, 1.82) is 0 Å². The smallest absolute Gasteiger partial charge is 0.305 e. The Morgan fingerprint density at radius 2 is 1.25 bits per heavy atom. The summed E-state index contributed by atoms with van der Waals surface area (Å²) in [5.41, 5.74) is 0.486. The zero-order chi connectivity index (χ0) is 17.4. The monoisotopic (exact) mass is 342 g/mol. The van der Waals surface area contributed by atoms with Crippen LogP contribution in [0.1, 0.15) is 125 Å². The van der Waals surface area contributed by atoms with Gasteiger partial charge in [0.05, 0.1) is 6.61 Å². The van der Waals surface area contributed by atoms with Gasteiger partial charge in [0, 0.05) is 6.42 Å². The fraction of sp³-hybridized carbons (Fsp3) is 0.955. The van der Waals surface area contributed by atoms with Gasteiger partial charge in [-0.25, -0.2) is 0 Å². The highest BCUT2D eigenvalue weighted by atomic mass is 16.5. The highest BCUT2D eigenvalue weighted by Crippen LogP contribution is 2.22. The van der Waals surface area contributed by atoms with Gasteiger partial charge in [-0.1, -0.05) is 99.3 Å². The van der Waals surface area contributed by atoms with Gasteiger partial charge in [0.15, 0.2) is 0 Å². The molecule has 0 aliphatic rings. The number of rotatable bonds is 15. The summed E-state index contributed by atoms with van der Waals surface area (Å²) in [6.07, 6.45) is 16.8. The Labute approximate surface area is 153 Å². The molecule has 0 aliphatic heterocycles. The van der Waals surface area contributed by atoms with Gasteiger partial charge < -0.3 is 4.74 Å². The molecular formula is C22H46O2. The molecule has 0 aromatic carbocycles. The van der Waals surface area contributed by atoms with Crippen LogP contribution >= 0.6 is 0 Å². The van der Waals surface area contributed by atoms with Crippen molar-refractivity contribution in [2.24, 2.45) is 5.41 Å². The fourth-order valence-electron chi connectivity index (χ4n) is 2.77. The maximum Gasteiger partial charge on any atom is 0.305 e. The molecule has 0 aliphatic carbocycles. The van der Waals surface area contributed by atoms with E-state index >= 15 is 0 Å². The van der Waals surface area contributed by atoms with Crippen molar-refractivity contribution in [3.8, 4) is 0 Å². The predicted octanol–water partition coefficient (Wildman–Crippen LogP) is 7.69. The van der Waals surface area contributed by atoms with Crippen LogP contribution in [0.5, 0.6) is 0 Å². The molecule has 0 radical (unpaired) electrons. The summed E-state index contributed by atoms with van der Waals surface area (Å²) >= 11 is 0. The first-order valence-corrected chi connectivity index (χ1v) is 10.1. The molecule has 0 heterocycles. The number of carbonyl (C=O) groups excluding carboxylic acids is 1. The quantitative estimate of drug-likeness (QED) is 0.225. The SMILES string of the molecule is C.CCCCCCCC(=O)OCCCCCCCCCC(C)(C)C. The van der Waals surface area contributed by atoms with Gasteiger partial charge >= 0.3 is 5.97 Å². The second kappa shape index (κ2) is 17.3. The summed E-state index contributed by atoms with van der Waals surface area (Å²) in [5, 5.41) is 0. The molecule has 0 N–H and O–H groups in total. The van der Waals surface area contributed by atoms with Gasteiger partial charge in [-0.15, -0.1) is 0 Å². The molecule has 0 amide bonds. The minimum absolute atomic E-state index is 0. The third kappa shape index (κ3) is 21.5. The van der Waals surface area contributed by atoms with Gasteiger partial charge in [-0.3, -0.25) is 4.79 Å². The Morgan fingerprint density at radius 1 is 0.750 bits per heavy atom. The van der Waals surface area contributed by atoms with Gasteiger partial charge in [0.2, 0.25) is 0 Å². The van der Waals surface area contributed by atoms with E-state index < -0.39 is 0 Å². The normalized spacial score (nSPS) is 11.2. The van der Waals surface area contributed by atoms with E-state index in [1.807, 2.05) is 0 Å². The van der Waals surface area contributed by atoms with Crippen LogP contribution in [0.25, 0.3) is 0 Å². The van der Waals surface area contributed by atoms with Crippen LogP contribution in [-0.4, -0.2) is 12.6 Å². The van der Waals surface area contributed by atoms with Gasteiger partial charge in [-0.2, -0.15) is 0 Å². The number of unbranched alkanes of at least 4 members (excludes halogenated alkanes) is 10. The zero-order valence-corrected chi connectivity index (χ0v) is 16.4. The molecule has 0 saturated heterocycles. The van der Waals surface area contributed by atoms with Crippen LogP contribution in [0.3, 0.4) is 0 Å². The maximum atomic E-state index is 11.5. The average Bonchev–Trinajstić information content (AvgIpc) is 2.48. The molecule has 0 aromatic rings. The van der Waals surface area contributed by atoms with Crippen molar-refractivity contribution in [2.45, 2.75) is 125 Å². The summed E-state index contributed by atoms with van der Waals surface area (Å²) in [6, 6.07) is 0. The van der Waals surface area contributed by atoms with Crippen LogP contribution in [-0.2, 0) is 9.53 Å². The lowest BCUT2D eigenvalue weighted by molar-refractivity contribution is -0.143. The number of ether oxygens (including phenoxy) is 1. The first-order valence-electron chi connectivity index (χ1n) is 10.1. The number of esters is 1. The number of hydrogen-bond donors (Lipinski definition) is 0. The lowest BCUT2D eigenvalue weighted by Gasteiger charge is -2.17. The van der Waals surface area contributed by atoms with Crippen molar-refractivity contribution in [2.75, 3.05) is 6.61 Å². The second-order valence-corrected chi connectivity index (χ2v) is 8.17. The van der Waals surface area contributed by atoms with Crippen LogP contribution in [0.2, 0.25) is 0 Å². The zero-order valence-electron chi connectivity index (χ0n) is 16.4. The van der Waals surface area contributed by atoms with E-state index in [1.165, 1.54) is 64.2 Å². The van der Waals surface area contributed by atoms with Gasteiger partial charge in [0.1, 0.15) is 0 Å². The first kappa shape index (κ1) is 25.7. The Hall–Kier alpha value is -0.530. The maximum absolute atomic E-state index is 11.5. The summed E-state index contributed by atoms with van der Waals surface area (Å²) in [5.74, 6) is 0.00341. The van der Waals surface area contributed by atoms with Crippen LogP contribution in [0, 0.1) is 5.41 Å². The van der Waals surface area contributed by atoms with Crippen molar-refractivity contribution in [1.82, 2.24) is 0 Å². The Morgan fingerprint density at radius 3 is 1.83 bits per heavy atom. The van der Waals surface area contributed by atoms with E-state index in [1.54, 1.807) is 0 Å². The number of hydrogen-bond acceptors (Lipinski definition) is 2. The molecule has 2 nitrogen and oxygen atoms in total. The Balaban J connectivity index is 0. The third-order valence-electron chi connectivity index (χ3n) is 4.32. The van der Waals surface area contributed by atoms with E-state index in [0.29, 0.717) is 18.4 Å². The first-order chi connectivity index (χ1) is 11.0. The highest BCUT2D eigenvalue weighted by molar-refractivity contribution is 5.69. The van der Waals surface area contributed by atoms with Crippen molar-refractivity contribution >= 4 is 5.97 Å². The van der Waals surface area contributed by atoms with E-state index in [2.05, 4.69) is 27.7 Å². The van der Waals surface area contributed by atoms with E-state index in [4.69, 9.17) is 4.74 Å². The summed E-state index contributed by atoms with van der Waals surface area (Å²) in [4.78, 5) is 11.5. The van der Waals surface area contributed by atoms with E-state index in [9.17, 15) is 4.79 Å². The summed E-state index contributed by atoms with van der Waals surface area (Å²) in [6.45, 7) is 9.79. The van der Waals surface area contributed by atoms with Crippen molar-refractivity contribution < 1.29 is 9.53 Å². The molecular weight excluding hydrogens is 296 g/mol. The molecule has 24 heavy (non-hydrogen) atoms. The molecule has 0 fully saturated rings. The highest BCUT2D eigenvalue weighted by Gasteiger charge is 2.08. The van der Waals surface area contributed by atoms with E-state index in [-0.39, 0.29) is 13.4 Å². The standard InChI is InChI=1S/C21H42O2.CH4/c1-5-6-7-11-14-17-20(22)23-19-16-13-10-8-9-12-15-18-21(2,3)4;/h5-19H2,1-4H3;1H4. The van der Waals surface area contributed by atoms with Crippen LogP contribution in [0.4, 0.5) is 0 Å².